The molecule has 0 amide bonds. The van der Waals surface area contributed by atoms with Crippen molar-refractivity contribution in [3.8, 4) is 0 Å². The number of hydrogen-bond donors (Lipinski definition) is 1. The summed E-state index contributed by atoms with van der Waals surface area (Å²) in [6, 6.07) is 0. The van der Waals surface area contributed by atoms with Crippen molar-refractivity contribution in [1.82, 2.24) is 4.37 Å². The molecule has 96 valence electrons. The summed E-state index contributed by atoms with van der Waals surface area (Å²) in [5.41, 5.74) is 5.72. The lowest BCUT2D eigenvalue weighted by Gasteiger charge is -2.16. The Labute approximate surface area is 106 Å². The van der Waals surface area contributed by atoms with Gasteiger partial charge in [-0.3, -0.25) is 0 Å². The van der Waals surface area contributed by atoms with Crippen LogP contribution in [0.15, 0.2) is 4.90 Å². The Bertz CT molecular complexity index is 490. The molecule has 1 aromatic rings. The van der Waals surface area contributed by atoms with Gasteiger partial charge in [0.05, 0.1) is 5.75 Å². The van der Waals surface area contributed by atoms with E-state index in [2.05, 4.69) is 9.27 Å². The lowest BCUT2D eigenvalue weighted by molar-refractivity contribution is 0.595. The van der Waals surface area contributed by atoms with Gasteiger partial charge < -0.3 is 10.6 Å². The number of hydrogen-bond acceptors (Lipinski definition) is 6. The van der Waals surface area contributed by atoms with Gasteiger partial charge in [-0.2, -0.15) is 4.37 Å². The first kappa shape index (κ1) is 12.6. The van der Waals surface area contributed by atoms with E-state index >= 15 is 0 Å². The van der Waals surface area contributed by atoms with E-state index in [0.717, 1.165) is 30.9 Å². The predicted octanol–water partition coefficient (Wildman–Crippen LogP) is 1.51. The van der Waals surface area contributed by atoms with Crippen LogP contribution in [0.1, 0.15) is 26.2 Å². The monoisotopic (exact) mass is 275 g/mol. The molecule has 0 atom stereocenters. The average molecular weight is 275 g/mol. The third kappa shape index (κ3) is 2.40. The molecular weight excluding hydrogens is 258 g/mol. The maximum absolute atomic E-state index is 12.2. The van der Waals surface area contributed by atoms with Gasteiger partial charge in [-0.25, -0.2) is 8.42 Å². The van der Waals surface area contributed by atoms with Crippen LogP contribution < -0.4 is 10.6 Å². The molecule has 0 aliphatic carbocycles. The highest BCUT2D eigenvalue weighted by atomic mass is 32.2. The fourth-order valence-electron chi connectivity index (χ4n) is 2.07. The summed E-state index contributed by atoms with van der Waals surface area (Å²) in [7, 11) is -3.28. The number of sulfone groups is 1. The highest BCUT2D eigenvalue weighted by Gasteiger charge is 2.28. The van der Waals surface area contributed by atoms with E-state index in [4.69, 9.17) is 5.73 Å². The van der Waals surface area contributed by atoms with E-state index in [1.165, 1.54) is 11.5 Å². The van der Waals surface area contributed by atoms with E-state index in [1.807, 2.05) is 6.92 Å². The summed E-state index contributed by atoms with van der Waals surface area (Å²) < 4.78 is 28.3. The summed E-state index contributed by atoms with van der Waals surface area (Å²) >= 11 is 1.20. The minimum Gasteiger partial charge on any atom is -0.382 e. The topological polar surface area (TPSA) is 76.3 Å². The molecule has 0 aromatic carbocycles. The van der Waals surface area contributed by atoms with Gasteiger partial charge in [0.25, 0.3) is 0 Å². The summed E-state index contributed by atoms with van der Waals surface area (Å²) in [5.74, 6) is 0.293. The van der Waals surface area contributed by atoms with E-state index < -0.39 is 9.84 Å². The van der Waals surface area contributed by atoms with Crippen LogP contribution in [0.25, 0.3) is 0 Å². The van der Waals surface area contributed by atoms with Gasteiger partial charge >= 0.3 is 0 Å². The zero-order valence-electron chi connectivity index (χ0n) is 9.85. The third-order valence-corrected chi connectivity index (χ3v) is 5.86. The second-order valence-electron chi connectivity index (χ2n) is 4.22. The number of nitrogens with zero attached hydrogens (tertiary/aromatic N) is 2. The van der Waals surface area contributed by atoms with Crippen LogP contribution in [0.3, 0.4) is 0 Å². The molecular formula is C10H17N3O2S2. The molecule has 7 heteroatoms. The van der Waals surface area contributed by atoms with Crippen molar-refractivity contribution in [3.05, 3.63) is 0 Å². The van der Waals surface area contributed by atoms with Gasteiger partial charge in [0.1, 0.15) is 9.90 Å². The van der Waals surface area contributed by atoms with Crippen molar-refractivity contribution in [2.45, 2.75) is 31.1 Å². The van der Waals surface area contributed by atoms with Gasteiger partial charge in [0.2, 0.25) is 0 Å². The molecule has 17 heavy (non-hydrogen) atoms. The maximum Gasteiger partial charge on any atom is 0.185 e. The van der Waals surface area contributed by atoms with Crippen LogP contribution in [0.2, 0.25) is 0 Å². The summed E-state index contributed by atoms with van der Waals surface area (Å²) in [4.78, 5) is 2.34. The standard InChI is InChI=1S/C10H17N3O2S2/c1-2-7-17(14,15)8-9(11)12-16-10(8)13-5-3-4-6-13/h2-7H2,1H3,(H2,11,12). The lowest BCUT2D eigenvalue weighted by Crippen LogP contribution is -2.20. The molecule has 0 radical (unpaired) electrons. The molecule has 0 saturated carbocycles. The molecule has 1 fully saturated rings. The van der Waals surface area contributed by atoms with Crippen molar-refractivity contribution in [2.75, 3.05) is 29.5 Å². The molecule has 0 unspecified atom stereocenters. The first-order chi connectivity index (χ1) is 8.06. The molecule has 1 saturated heterocycles. The van der Waals surface area contributed by atoms with Gasteiger partial charge in [-0.15, -0.1) is 0 Å². The Morgan fingerprint density at radius 1 is 1.41 bits per heavy atom. The molecule has 0 spiro atoms. The van der Waals surface area contributed by atoms with Gasteiger partial charge in [0, 0.05) is 13.1 Å². The van der Waals surface area contributed by atoms with Crippen molar-refractivity contribution in [1.29, 1.82) is 0 Å². The van der Waals surface area contributed by atoms with Gasteiger partial charge in [0.15, 0.2) is 15.7 Å². The first-order valence-electron chi connectivity index (χ1n) is 5.79. The highest BCUT2D eigenvalue weighted by molar-refractivity contribution is 7.91. The summed E-state index contributed by atoms with van der Waals surface area (Å²) in [6.45, 7) is 3.65. The summed E-state index contributed by atoms with van der Waals surface area (Å²) in [5, 5.41) is 0.730. The van der Waals surface area contributed by atoms with Crippen LogP contribution in [0, 0.1) is 0 Å². The minimum atomic E-state index is -3.28. The number of anilines is 2. The Balaban J connectivity index is 2.42. The van der Waals surface area contributed by atoms with Crippen LogP contribution in [-0.2, 0) is 9.84 Å². The predicted molar refractivity (Wildman–Crippen MR) is 70.3 cm³/mol. The molecule has 0 bridgehead atoms. The Kier molecular flexibility index (Phi) is 3.58. The number of aromatic nitrogens is 1. The fourth-order valence-corrected chi connectivity index (χ4v) is 4.88. The molecule has 1 aliphatic rings. The fraction of sp³-hybridized carbons (Fsp3) is 0.700. The zero-order valence-corrected chi connectivity index (χ0v) is 11.5. The molecule has 2 heterocycles. The molecule has 1 aliphatic heterocycles. The quantitative estimate of drug-likeness (QED) is 0.901. The van der Waals surface area contributed by atoms with Gasteiger partial charge in [-0.05, 0) is 30.8 Å². The Morgan fingerprint density at radius 2 is 2.06 bits per heavy atom. The zero-order chi connectivity index (χ0) is 12.5. The van der Waals surface area contributed by atoms with Crippen LogP contribution in [0.4, 0.5) is 10.8 Å². The SMILES string of the molecule is CCCS(=O)(=O)c1c(N)nsc1N1CCCC1. The van der Waals surface area contributed by atoms with Crippen molar-refractivity contribution in [2.24, 2.45) is 0 Å². The molecule has 2 N–H and O–H groups in total. The average Bonchev–Trinajstić information content (AvgIpc) is 2.85. The second kappa shape index (κ2) is 4.81. The van der Waals surface area contributed by atoms with Crippen LogP contribution in [-0.4, -0.2) is 31.6 Å². The molecule has 2 rings (SSSR count). The summed E-state index contributed by atoms with van der Waals surface area (Å²) in [6.07, 6.45) is 2.80. The minimum absolute atomic E-state index is 0.135. The van der Waals surface area contributed by atoms with Crippen molar-refractivity contribution in [3.63, 3.8) is 0 Å². The van der Waals surface area contributed by atoms with Crippen molar-refractivity contribution < 1.29 is 8.42 Å². The van der Waals surface area contributed by atoms with E-state index in [-0.39, 0.29) is 16.5 Å². The number of nitrogens with two attached hydrogens (primary N) is 1. The lowest BCUT2D eigenvalue weighted by atomic mass is 10.4. The Morgan fingerprint density at radius 3 is 2.65 bits per heavy atom. The second-order valence-corrected chi connectivity index (χ2v) is 7.01. The first-order valence-corrected chi connectivity index (χ1v) is 8.21. The third-order valence-electron chi connectivity index (χ3n) is 2.83. The van der Waals surface area contributed by atoms with E-state index in [1.54, 1.807) is 0 Å². The Hall–Kier alpha value is -0.820. The highest BCUT2D eigenvalue weighted by Crippen LogP contribution is 2.37. The smallest absolute Gasteiger partial charge is 0.185 e. The molecule has 5 nitrogen and oxygen atoms in total. The van der Waals surface area contributed by atoms with Crippen LogP contribution >= 0.6 is 11.5 Å². The van der Waals surface area contributed by atoms with Gasteiger partial charge in [-0.1, -0.05) is 6.92 Å². The van der Waals surface area contributed by atoms with E-state index in [0.29, 0.717) is 6.42 Å². The van der Waals surface area contributed by atoms with Crippen molar-refractivity contribution >= 4 is 32.2 Å². The molecule has 1 aromatic heterocycles. The van der Waals surface area contributed by atoms with Crippen LogP contribution in [0.5, 0.6) is 0 Å². The number of rotatable bonds is 4. The maximum atomic E-state index is 12.2. The largest absolute Gasteiger partial charge is 0.382 e. The van der Waals surface area contributed by atoms with E-state index in [9.17, 15) is 8.42 Å². The number of nitrogen functional groups attached to an aromatic ring is 1. The normalized spacial score (nSPS) is 16.6.